The van der Waals surface area contributed by atoms with Crippen molar-refractivity contribution in [3.8, 4) is 11.4 Å². The van der Waals surface area contributed by atoms with Gasteiger partial charge in [-0.2, -0.15) is 0 Å². The van der Waals surface area contributed by atoms with Gasteiger partial charge in [0.1, 0.15) is 12.4 Å². The van der Waals surface area contributed by atoms with E-state index < -0.39 is 0 Å². The highest BCUT2D eigenvalue weighted by Gasteiger charge is 2.20. The van der Waals surface area contributed by atoms with E-state index in [1.165, 1.54) is 0 Å². The molecule has 1 aliphatic rings. The molecule has 0 saturated carbocycles. The van der Waals surface area contributed by atoms with E-state index in [-0.39, 0.29) is 12.5 Å². The first-order chi connectivity index (χ1) is 12.2. The highest BCUT2D eigenvalue weighted by molar-refractivity contribution is 9.10. The predicted octanol–water partition coefficient (Wildman–Crippen LogP) is 3.32. The maximum Gasteiger partial charge on any atom is 0.242 e. The van der Waals surface area contributed by atoms with Crippen LogP contribution in [0.3, 0.4) is 0 Å². The first-order valence-electron chi connectivity index (χ1n) is 8.29. The molecule has 1 aliphatic heterocycles. The van der Waals surface area contributed by atoms with Gasteiger partial charge in [-0.3, -0.25) is 4.79 Å². The molecule has 0 radical (unpaired) electrons. The molecular weight excluding hydrogens is 382 g/mol. The SMILES string of the molecule is O=C(Cn1c(-c2ccc(Br)cc2)nc2ccccc21)N1CCOCC1. The van der Waals surface area contributed by atoms with Crippen molar-refractivity contribution in [3.05, 3.63) is 53.0 Å². The molecule has 2 aromatic carbocycles. The zero-order valence-corrected chi connectivity index (χ0v) is 15.3. The monoisotopic (exact) mass is 399 g/mol. The number of carbonyl (C=O) groups excluding carboxylic acids is 1. The average Bonchev–Trinajstić information content (AvgIpc) is 3.02. The van der Waals surface area contributed by atoms with Gasteiger partial charge in [0.2, 0.25) is 5.91 Å². The number of nitrogens with zero attached hydrogens (tertiary/aromatic N) is 3. The number of para-hydroxylation sites is 2. The first-order valence-corrected chi connectivity index (χ1v) is 9.08. The van der Waals surface area contributed by atoms with Crippen LogP contribution in [0.25, 0.3) is 22.4 Å². The Labute approximate surface area is 154 Å². The molecule has 1 amide bonds. The second kappa shape index (κ2) is 6.98. The lowest BCUT2D eigenvalue weighted by atomic mass is 10.2. The maximum absolute atomic E-state index is 12.8. The zero-order valence-electron chi connectivity index (χ0n) is 13.7. The summed E-state index contributed by atoms with van der Waals surface area (Å²) in [5.41, 5.74) is 2.87. The Hall–Kier alpha value is -2.18. The number of amides is 1. The molecule has 2 heterocycles. The van der Waals surface area contributed by atoms with Gasteiger partial charge in [0.15, 0.2) is 0 Å². The van der Waals surface area contributed by atoms with Crippen LogP contribution in [-0.2, 0) is 16.1 Å². The quantitative estimate of drug-likeness (QED) is 0.678. The second-order valence-corrected chi connectivity index (χ2v) is 6.93. The van der Waals surface area contributed by atoms with Crippen molar-refractivity contribution in [3.63, 3.8) is 0 Å². The summed E-state index contributed by atoms with van der Waals surface area (Å²) in [7, 11) is 0. The number of ether oxygens (including phenoxy) is 1. The van der Waals surface area contributed by atoms with Gasteiger partial charge in [0.05, 0.1) is 24.2 Å². The van der Waals surface area contributed by atoms with Crippen molar-refractivity contribution in [1.82, 2.24) is 14.5 Å². The van der Waals surface area contributed by atoms with Crippen LogP contribution < -0.4 is 0 Å². The standard InChI is InChI=1S/C19H18BrN3O2/c20-15-7-5-14(6-8-15)19-21-16-3-1-2-4-17(16)23(19)13-18(24)22-9-11-25-12-10-22/h1-8H,9-13H2. The summed E-state index contributed by atoms with van der Waals surface area (Å²) in [4.78, 5) is 19.4. The van der Waals surface area contributed by atoms with Gasteiger partial charge in [-0.15, -0.1) is 0 Å². The molecule has 0 bridgehead atoms. The highest BCUT2D eigenvalue weighted by atomic mass is 79.9. The maximum atomic E-state index is 12.8. The van der Waals surface area contributed by atoms with Gasteiger partial charge >= 0.3 is 0 Å². The van der Waals surface area contributed by atoms with Crippen molar-refractivity contribution >= 4 is 32.9 Å². The molecule has 0 unspecified atom stereocenters. The fraction of sp³-hybridized carbons (Fsp3) is 0.263. The van der Waals surface area contributed by atoms with Crippen molar-refractivity contribution in [2.75, 3.05) is 26.3 Å². The summed E-state index contributed by atoms with van der Waals surface area (Å²) in [6.07, 6.45) is 0. The molecule has 4 rings (SSSR count). The third-order valence-electron chi connectivity index (χ3n) is 4.41. The van der Waals surface area contributed by atoms with Gasteiger partial charge in [-0.05, 0) is 24.3 Å². The van der Waals surface area contributed by atoms with Crippen molar-refractivity contribution in [1.29, 1.82) is 0 Å². The van der Waals surface area contributed by atoms with Crippen molar-refractivity contribution in [2.24, 2.45) is 0 Å². The Morgan fingerprint density at radius 3 is 2.56 bits per heavy atom. The summed E-state index contributed by atoms with van der Waals surface area (Å²) >= 11 is 3.46. The lowest BCUT2D eigenvalue weighted by Gasteiger charge is -2.27. The summed E-state index contributed by atoms with van der Waals surface area (Å²) < 4.78 is 8.37. The van der Waals surface area contributed by atoms with E-state index in [2.05, 4.69) is 15.9 Å². The number of morpholine rings is 1. The van der Waals surface area contributed by atoms with Gasteiger partial charge in [0.25, 0.3) is 0 Å². The number of benzene rings is 2. The van der Waals surface area contributed by atoms with Crippen molar-refractivity contribution in [2.45, 2.75) is 6.54 Å². The number of fused-ring (bicyclic) bond motifs is 1. The van der Waals surface area contributed by atoms with Crippen LogP contribution >= 0.6 is 15.9 Å². The van der Waals surface area contributed by atoms with Gasteiger partial charge < -0.3 is 14.2 Å². The summed E-state index contributed by atoms with van der Waals surface area (Å²) in [6.45, 7) is 2.80. The van der Waals surface area contributed by atoms with Gasteiger partial charge in [-0.1, -0.05) is 40.2 Å². The summed E-state index contributed by atoms with van der Waals surface area (Å²) in [5.74, 6) is 0.917. The molecular formula is C19H18BrN3O2. The minimum atomic E-state index is 0.102. The fourth-order valence-electron chi connectivity index (χ4n) is 3.10. The topological polar surface area (TPSA) is 47.4 Å². The fourth-order valence-corrected chi connectivity index (χ4v) is 3.37. The Morgan fingerprint density at radius 1 is 1.08 bits per heavy atom. The Morgan fingerprint density at radius 2 is 1.80 bits per heavy atom. The van der Waals surface area contributed by atoms with Crippen LogP contribution in [0.15, 0.2) is 53.0 Å². The Bertz CT molecular complexity index is 899. The number of hydrogen-bond acceptors (Lipinski definition) is 3. The third kappa shape index (κ3) is 3.32. The third-order valence-corrected chi connectivity index (χ3v) is 4.94. The average molecular weight is 400 g/mol. The van der Waals surface area contributed by atoms with E-state index in [4.69, 9.17) is 9.72 Å². The number of carbonyl (C=O) groups is 1. The normalized spacial score (nSPS) is 14.8. The number of aromatic nitrogens is 2. The molecule has 0 aliphatic carbocycles. The molecule has 6 heteroatoms. The highest BCUT2D eigenvalue weighted by Crippen LogP contribution is 2.26. The largest absolute Gasteiger partial charge is 0.378 e. The molecule has 25 heavy (non-hydrogen) atoms. The Balaban J connectivity index is 1.74. The van der Waals surface area contributed by atoms with E-state index in [9.17, 15) is 4.79 Å². The molecule has 1 saturated heterocycles. The number of imidazole rings is 1. The molecule has 5 nitrogen and oxygen atoms in total. The van der Waals surface area contributed by atoms with E-state index in [0.717, 1.165) is 26.9 Å². The van der Waals surface area contributed by atoms with Crippen LogP contribution in [0.2, 0.25) is 0 Å². The molecule has 0 spiro atoms. The second-order valence-electron chi connectivity index (χ2n) is 6.01. The first kappa shape index (κ1) is 16.3. The van der Waals surface area contributed by atoms with E-state index >= 15 is 0 Å². The molecule has 3 aromatic rings. The molecule has 0 N–H and O–H groups in total. The molecule has 128 valence electrons. The van der Waals surface area contributed by atoms with E-state index in [0.29, 0.717) is 26.3 Å². The molecule has 0 atom stereocenters. The lowest BCUT2D eigenvalue weighted by molar-refractivity contribution is -0.135. The minimum Gasteiger partial charge on any atom is -0.378 e. The summed E-state index contributed by atoms with van der Waals surface area (Å²) in [6, 6.07) is 15.9. The predicted molar refractivity (Wildman–Crippen MR) is 100 cm³/mol. The van der Waals surface area contributed by atoms with E-state index in [1.807, 2.05) is 58.0 Å². The molecule has 1 fully saturated rings. The zero-order chi connectivity index (χ0) is 17.2. The van der Waals surface area contributed by atoms with Crippen LogP contribution in [0.4, 0.5) is 0 Å². The number of halogens is 1. The van der Waals surface area contributed by atoms with Crippen LogP contribution in [0.5, 0.6) is 0 Å². The van der Waals surface area contributed by atoms with Crippen LogP contribution in [0.1, 0.15) is 0 Å². The van der Waals surface area contributed by atoms with Crippen molar-refractivity contribution < 1.29 is 9.53 Å². The number of rotatable bonds is 3. The van der Waals surface area contributed by atoms with Gasteiger partial charge in [-0.25, -0.2) is 4.98 Å². The Kier molecular flexibility index (Phi) is 4.55. The van der Waals surface area contributed by atoms with Crippen LogP contribution in [0, 0.1) is 0 Å². The van der Waals surface area contributed by atoms with E-state index in [1.54, 1.807) is 0 Å². The van der Waals surface area contributed by atoms with Crippen LogP contribution in [-0.4, -0.2) is 46.7 Å². The van der Waals surface area contributed by atoms with Gasteiger partial charge in [0, 0.05) is 23.1 Å². The summed E-state index contributed by atoms with van der Waals surface area (Å²) in [5, 5.41) is 0. The molecule has 1 aromatic heterocycles. The number of hydrogen-bond donors (Lipinski definition) is 0. The smallest absolute Gasteiger partial charge is 0.242 e. The lowest BCUT2D eigenvalue weighted by Crippen LogP contribution is -2.42. The minimum absolute atomic E-state index is 0.102.